The van der Waals surface area contributed by atoms with Gasteiger partial charge < -0.3 is 4.74 Å². The minimum Gasteiger partial charge on any atom is -0.374 e. The van der Waals surface area contributed by atoms with Gasteiger partial charge in [0.2, 0.25) is 0 Å². The molecule has 1 unspecified atom stereocenters. The molecule has 1 aliphatic rings. The summed E-state index contributed by atoms with van der Waals surface area (Å²) in [6.45, 7) is 3.21. The number of allylic oxidation sites excluding steroid dienone is 1. The smallest absolute Gasteiger partial charge is 0.0755 e. The number of ether oxygens (including phenoxy) is 1. The van der Waals surface area contributed by atoms with E-state index in [1.165, 1.54) is 51.4 Å². The van der Waals surface area contributed by atoms with Crippen LogP contribution in [0, 0.1) is 0 Å². The maximum Gasteiger partial charge on any atom is 0.0755 e. The van der Waals surface area contributed by atoms with Crippen LogP contribution in [0.3, 0.4) is 0 Å². The van der Waals surface area contributed by atoms with Crippen LogP contribution in [-0.2, 0) is 4.74 Å². The van der Waals surface area contributed by atoms with Gasteiger partial charge in [0.15, 0.2) is 0 Å². The van der Waals surface area contributed by atoms with Crippen molar-refractivity contribution >= 4 is 0 Å². The molecule has 1 heteroatoms. The van der Waals surface area contributed by atoms with Gasteiger partial charge in [-0.3, -0.25) is 0 Å². The quantitative estimate of drug-likeness (QED) is 0.440. The number of rotatable bonds is 7. The molecule has 0 spiro atoms. The molecule has 1 rings (SSSR count). The van der Waals surface area contributed by atoms with Crippen LogP contribution >= 0.6 is 0 Å². The summed E-state index contributed by atoms with van der Waals surface area (Å²) in [5, 5.41) is 0. The largest absolute Gasteiger partial charge is 0.374 e. The predicted molar refractivity (Wildman–Crippen MR) is 61.5 cm³/mol. The summed E-state index contributed by atoms with van der Waals surface area (Å²) in [6.07, 6.45) is 15.3. The van der Waals surface area contributed by atoms with Crippen molar-refractivity contribution in [3.05, 3.63) is 12.2 Å². The Kier molecular flexibility index (Phi) is 6.77. The summed E-state index contributed by atoms with van der Waals surface area (Å²) >= 11 is 0. The fraction of sp³-hybridized carbons (Fsp3) is 0.846. The van der Waals surface area contributed by atoms with Gasteiger partial charge in [-0.05, 0) is 25.7 Å². The molecule has 0 amide bonds. The Labute approximate surface area is 88.5 Å². The summed E-state index contributed by atoms with van der Waals surface area (Å²) in [7, 11) is 0. The molecule has 0 aliphatic heterocycles. The molecule has 0 N–H and O–H groups in total. The molecule has 1 atom stereocenters. The molecule has 0 aromatic heterocycles. The summed E-state index contributed by atoms with van der Waals surface area (Å²) in [6, 6.07) is 0. The van der Waals surface area contributed by atoms with Crippen LogP contribution < -0.4 is 0 Å². The van der Waals surface area contributed by atoms with Crippen molar-refractivity contribution in [1.29, 1.82) is 0 Å². The Morgan fingerprint density at radius 1 is 1.21 bits per heavy atom. The maximum absolute atomic E-state index is 5.78. The molecule has 0 saturated heterocycles. The van der Waals surface area contributed by atoms with Crippen LogP contribution in [0.4, 0.5) is 0 Å². The zero-order valence-electron chi connectivity index (χ0n) is 9.50. The summed E-state index contributed by atoms with van der Waals surface area (Å²) in [5.41, 5.74) is 0. The minimum atomic E-state index is 0.426. The monoisotopic (exact) mass is 196 g/mol. The van der Waals surface area contributed by atoms with Crippen molar-refractivity contribution in [3.63, 3.8) is 0 Å². The van der Waals surface area contributed by atoms with Crippen LogP contribution in [-0.4, -0.2) is 12.7 Å². The first-order valence-electron chi connectivity index (χ1n) is 6.21. The molecule has 82 valence electrons. The number of hydrogen-bond acceptors (Lipinski definition) is 1. The second-order valence-electron chi connectivity index (χ2n) is 4.18. The standard InChI is InChI=1S/C13H24O/c1-2-3-4-5-9-12-14-13-10-7-6-8-11-13/h7,10,13H,2-6,8-9,11-12H2,1H3. The van der Waals surface area contributed by atoms with E-state index in [-0.39, 0.29) is 0 Å². The first kappa shape index (κ1) is 11.8. The van der Waals surface area contributed by atoms with Crippen molar-refractivity contribution in [2.45, 2.75) is 64.4 Å². The zero-order valence-corrected chi connectivity index (χ0v) is 9.50. The first-order chi connectivity index (χ1) is 6.93. The SMILES string of the molecule is CCCCCCCOC1C=CCCC1. The Morgan fingerprint density at radius 2 is 2.07 bits per heavy atom. The van der Waals surface area contributed by atoms with Crippen LogP contribution in [0.1, 0.15) is 58.3 Å². The lowest BCUT2D eigenvalue weighted by atomic mass is 10.1. The van der Waals surface area contributed by atoms with Crippen LogP contribution in [0.25, 0.3) is 0 Å². The lowest BCUT2D eigenvalue weighted by molar-refractivity contribution is 0.0723. The van der Waals surface area contributed by atoms with E-state index in [4.69, 9.17) is 4.74 Å². The van der Waals surface area contributed by atoms with Crippen molar-refractivity contribution < 1.29 is 4.74 Å². The third kappa shape index (κ3) is 5.43. The molecular formula is C13H24O. The lowest BCUT2D eigenvalue weighted by Crippen LogP contribution is -2.13. The van der Waals surface area contributed by atoms with Gasteiger partial charge in [0, 0.05) is 6.61 Å². The fourth-order valence-corrected chi connectivity index (χ4v) is 1.86. The Morgan fingerprint density at radius 3 is 2.79 bits per heavy atom. The second kappa shape index (κ2) is 8.05. The van der Waals surface area contributed by atoms with Gasteiger partial charge in [0.1, 0.15) is 0 Å². The highest BCUT2D eigenvalue weighted by molar-refractivity contribution is 4.93. The first-order valence-corrected chi connectivity index (χ1v) is 6.21. The minimum absolute atomic E-state index is 0.426. The third-order valence-electron chi connectivity index (χ3n) is 2.79. The van der Waals surface area contributed by atoms with Crippen LogP contribution in [0.5, 0.6) is 0 Å². The third-order valence-corrected chi connectivity index (χ3v) is 2.79. The van der Waals surface area contributed by atoms with E-state index < -0.39 is 0 Å². The highest BCUT2D eigenvalue weighted by Crippen LogP contribution is 2.14. The van der Waals surface area contributed by atoms with Crippen LogP contribution in [0.2, 0.25) is 0 Å². The second-order valence-corrected chi connectivity index (χ2v) is 4.18. The molecule has 1 nitrogen and oxygen atoms in total. The van der Waals surface area contributed by atoms with Crippen molar-refractivity contribution in [3.8, 4) is 0 Å². The van der Waals surface area contributed by atoms with Crippen LogP contribution in [0.15, 0.2) is 12.2 Å². The predicted octanol–water partition coefficient (Wildman–Crippen LogP) is 4.08. The Bertz CT molecular complexity index is 151. The molecule has 0 aromatic carbocycles. The summed E-state index contributed by atoms with van der Waals surface area (Å²) in [5.74, 6) is 0. The summed E-state index contributed by atoms with van der Waals surface area (Å²) in [4.78, 5) is 0. The van der Waals surface area contributed by atoms with Crippen molar-refractivity contribution in [2.24, 2.45) is 0 Å². The average molecular weight is 196 g/mol. The topological polar surface area (TPSA) is 9.23 Å². The normalized spacial score (nSPS) is 21.4. The Hall–Kier alpha value is -0.300. The van der Waals surface area contributed by atoms with E-state index in [1.54, 1.807) is 0 Å². The van der Waals surface area contributed by atoms with E-state index in [0.29, 0.717) is 6.10 Å². The summed E-state index contributed by atoms with van der Waals surface area (Å²) < 4.78 is 5.78. The van der Waals surface area contributed by atoms with Gasteiger partial charge in [-0.25, -0.2) is 0 Å². The Balaban J connectivity index is 1.88. The van der Waals surface area contributed by atoms with Gasteiger partial charge in [-0.1, -0.05) is 44.8 Å². The van der Waals surface area contributed by atoms with E-state index in [0.717, 1.165) is 6.61 Å². The van der Waals surface area contributed by atoms with E-state index >= 15 is 0 Å². The van der Waals surface area contributed by atoms with E-state index in [1.807, 2.05) is 0 Å². The van der Waals surface area contributed by atoms with Gasteiger partial charge in [-0.15, -0.1) is 0 Å². The molecule has 0 saturated carbocycles. The molecule has 14 heavy (non-hydrogen) atoms. The zero-order chi connectivity index (χ0) is 10.1. The molecule has 1 aliphatic carbocycles. The fourth-order valence-electron chi connectivity index (χ4n) is 1.86. The average Bonchev–Trinajstić information content (AvgIpc) is 2.25. The lowest BCUT2D eigenvalue weighted by Gasteiger charge is -2.16. The maximum atomic E-state index is 5.78. The molecular weight excluding hydrogens is 172 g/mol. The molecule has 0 radical (unpaired) electrons. The number of hydrogen-bond donors (Lipinski definition) is 0. The molecule has 0 bridgehead atoms. The molecule has 0 heterocycles. The van der Waals surface area contributed by atoms with E-state index in [2.05, 4.69) is 19.1 Å². The van der Waals surface area contributed by atoms with Gasteiger partial charge >= 0.3 is 0 Å². The van der Waals surface area contributed by atoms with Crippen molar-refractivity contribution in [2.75, 3.05) is 6.61 Å². The van der Waals surface area contributed by atoms with Crippen molar-refractivity contribution in [1.82, 2.24) is 0 Å². The highest BCUT2D eigenvalue weighted by Gasteiger charge is 2.07. The van der Waals surface area contributed by atoms with E-state index in [9.17, 15) is 0 Å². The van der Waals surface area contributed by atoms with Gasteiger partial charge in [0.25, 0.3) is 0 Å². The molecule has 0 fully saturated rings. The molecule has 0 aromatic rings. The number of unbranched alkanes of at least 4 members (excludes halogenated alkanes) is 4. The van der Waals surface area contributed by atoms with Gasteiger partial charge in [0.05, 0.1) is 6.10 Å². The van der Waals surface area contributed by atoms with Gasteiger partial charge in [-0.2, -0.15) is 0 Å². The highest BCUT2D eigenvalue weighted by atomic mass is 16.5.